The van der Waals surface area contributed by atoms with E-state index >= 15 is 0 Å². The Morgan fingerprint density at radius 2 is 1.92 bits per heavy atom. The second kappa shape index (κ2) is 4.58. The molecule has 1 saturated carbocycles. The van der Waals surface area contributed by atoms with E-state index in [1.54, 1.807) is 0 Å². The SMILES string of the molecule is N[C@H](C(=O)O)C1CCCCCC1O. The van der Waals surface area contributed by atoms with Crippen LogP contribution in [0.1, 0.15) is 32.1 Å². The fourth-order valence-corrected chi connectivity index (χ4v) is 1.92. The van der Waals surface area contributed by atoms with E-state index in [1.165, 1.54) is 0 Å². The maximum absolute atomic E-state index is 10.6. The Kier molecular flexibility index (Phi) is 3.69. The van der Waals surface area contributed by atoms with E-state index in [4.69, 9.17) is 10.8 Å². The molecule has 4 heteroatoms. The largest absolute Gasteiger partial charge is 0.480 e. The van der Waals surface area contributed by atoms with Crippen molar-refractivity contribution >= 4 is 5.97 Å². The van der Waals surface area contributed by atoms with Gasteiger partial charge in [0.2, 0.25) is 0 Å². The minimum atomic E-state index is -1.01. The summed E-state index contributed by atoms with van der Waals surface area (Å²) in [6.45, 7) is 0. The molecule has 0 amide bonds. The second-order valence-electron chi connectivity index (χ2n) is 3.73. The first-order valence-electron chi connectivity index (χ1n) is 4.79. The summed E-state index contributed by atoms with van der Waals surface area (Å²) in [7, 11) is 0. The number of nitrogens with two attached hydrogens (primary N) is 1. The van der Waals surface area contributed by atoms with Crippen LogP contribution < -0.4 is 5.73 Å². The quantitative estimate of drug-likeness (QED) is 0.544. The second-order valence-corrected chi connectivity index (χ2v) is 3.73. The van der Waals surface area contributed by atoms with Gasteiger partial charge in [-0.3, -0.25) is 4.79 Å². The van der Waals surface area contributed by atoms with Gasteiger partial charge >= 0.3 is 5.97 Å². The number of aliphatic hydroxyl groups is 1. The highest BCUT2D eigenvalue weighted by atomic mass is 16.4. The average molecular weight is 187 g/mol. The predicted molar refractivity (Wildman–Crippen MR) is 48.2 cm³/mol. The third-order valence-corrected chi connectivity index (χ3v) is 2.78. The first kappa shape index (κ1) is 10.5. The molecule has 0 spiro atoms. The molecular formula is C9H17NO3. The molecule has 0 aromatic carbocycles. The first-order valence-corrected chi connectivity index (χ1v) is 4.79. The van der Waals surface area contributed by atoms with Crippen LogP contribution in [0.2, 0.25) is 0 Å². The van der Waals surface area contributed by atoms with Gasteiger partial charge in [-0.2, -0.15) is 0 Å². The van der Waals surface area contributed by atoms with E-state index in [0.717, 1.165) is 25.7 Å². The van der Waals surface area contributed by atoms with E-state index < -0.39 is 18.1 Å². The van der Waals surface area contributed by atoms with Crippen LogP contribution in [-0.2, 0) is 4.79 Å². The van der Waals surface area contributed by atoms with Crippen LogP contribution in [0.3, 0.4) is 0 Å². The molecule has 0 aromatic heterocycles. The number of carboxylic acid groups (broad SMARTS) is 1. The monoisotopic (exact) mass is 187 g/mol. The molecule has 0 bridgehead atoms. The molecule has 0 radical (unpaired) electrons. The Balaban J connectivity index is 2.58. The third-order valence-electron chi connectivity index (χ3n) is 2.78. The van der Waals surface area contributed by atoms with Crippen molar-refractivity contribution in [2.24, 2.45) is 11.7 Å². The fraction of sp³-hybridized carbons (Fsp3) is 0.889. The highest BCUT2D eigenvalue weighted by Crippen LogP contribution is 2.25. The zero-order valence-corrected chi connectivity index (χ0v) is 7.65. The Morgan fingerprint density at radius 3 is 2.54 bits per heavy atom. The molecule has 1 aliphatic carbocycles. The summed E-state index contributed by atoms with van der Waals surface area (Å²) in [5.41, 5.74) is 5.49. The van der Waals surface area contributed by atoms with E-state index in [2.05, 4.69) is 0 Å². The highest BCUT2D eigenvalue weighted by molar-refractivity contribution is 5.73. The van der Waals surface area contributed by atoms with Crippen LogP contribution in [0.25, 0.3) is 0 Å². The smallest absolute Gasteiger partial charge is 0.320 e. The number of aliphatic carboxylic acids is 1. The van der Waals surface area contributed by atoms with Crippen molar-refractivity contribution in [3.8, 4) is 0 Å². The summed E-state index contributed by atoms with van der Waals surface area (Å²) in [5, 5.41) is 18.3. The maximum Gasteiger partial charge on any atom is 0.320 e. The molecule has 4 N–H and O–H groups in total. The van der Waals surface area contributed by atoms with Crippen molar-refractivity contribution in [1.82, 2.24) is 0 Å². The summed E-state index contributed by atoms with van der Waals surface area (Å²) < 4.78 is 0. The van der Waals surface area contributed by atoms with Gasteiger partial charge in [-0.1, -0.05) is 19.3 Å². The molecule has 0 heterocycles. The lowest BCUT2D eigenvalue weighted by molar-refractivity contribution is -0.141. The Morgan fingerprint density at radius 1 is 1.31 bits per heavy atom. The van der Waals surface area contributed by atoms with Crippen molar-refractivity contribution in [3.63, 3.8) is 0 Å². The Hall–Kier alpha value is -0.610. The van der Waals surface area contributed by atoms with Crippen LogP contribution in [0.15, 0.2) is 0 Å². The molecule has 1 rings (SSSR count). The number of rotatable bonds is 2. The molecular weight excluding hydrogens is 170 g/mol. The number of hydrogen-bond donors (Lipinski definition) is 3. The molecule has 1 aliphatic rings. The van der Waals surface area contributed by atoms with Crippen molar-refractivity contribution in [2.45, 2.75) is 44.2 Å². The van der Waals surface area contributed by atoms with Gasteiger partial charge in [0.15, 0.2) is 0 Å². The van der Waals surface area contributed by atoms with Gasteiger partial charge in [0, 0.05) is 5.92 Å². The van der Waals surface area contributed by atoms with Gasteiger partial charge in [-0.15, -0.1) is 0 Å². The molecule has 13 heavy (non-hydrogen) atoms. The van der Waals surface area contributed by atoms with Crippen molar-refractivity contribution in [3.05, 3.63) is 0 Å². The average Bonchev–Trinajstić information content (AvgIpc) is 2.28. The number of carbonyl (C=O) groups is 1. The molecule has 0 aromatic rings. The lowest BCUT2D eigenvalue weighted by atomic mass is 9.90. The van der Waals surface area contributed by atoms with Crippen LogP contribution in [0.5, 0.6) is 0 Å². The normalized spacial score (nSPS) is 32.2. The summed E-state index contributed by atoms with van der Waals surface area (Å²) in [6.07, 6.45) is 3.90. The van der Waals surface area contributed by atoms with Crippen LogP contribution in [0.4, 0.5) is 0 Å². The van der Waals surface area contributed by atoms with E-state index in [9.17, 15) is 9.90 Å². The van der Waals surface area contributed by atoms with Crippen molar-refractivity contribution in [1.29, 1.82) is 0 Å². The molecule has 1 fully saturated rings. The first-order chi connectivity index (χ1) is 6.13. The van der Waals surface area contributed by atoms with E-state index in [-0.39, 0.29) is 5.92 Å². The van der Waals surface area contributed by atoms with Gasteiger partial charge < -0.3 is 15.9 Å². The Bertz CT molecular complexity index is 184. The molecule has 0 saturated heterocycles. The number of carboxylic acids is 1. The van der Waals surface area contributed by atoms with Crippen molar-refractivity contribution < 1.29 is 15.0 Å². The zero-order chi connectivity index (χ0) is 9.84. The lowest BCUT2D eigenvalue weighted by Crippen LogP contribution is -2.43. The fourth-order valence-electron chi connectivity index (χ4n) is 1.92. The minimum Gasteiger partial charge on any atom is -0.480 e. The van der Waals surface area contributed by atoms with Gasteiger partial charge in [0.1, 0.15) is 6.04 Å². The van der Waals surface area contributed by atoms with Crippen LogP contribution in [-0.4, -0.2) is 28.3 Å². The van der Waals surface area contributed by atoms with Gasteiger partial charge in [-0.25, -0.2) is 0 Å². The summed E-state index contributed by atoms with van der Waals surface area (Å²) in [4.78, 5) is 10.6. The van der Waals surface area contributed by atoms with Gasteiger partial charge in [-0.05, 0) is 12.8 Å². The highest BCUT2D eigenvalue weighted by Gasteiger charge is 2.31. The van der Waals surface area contributed by atoms with Crippen LogP contribution >= 0.6 is 0 Å². The lowest BCUT2D eigenvalue weighted by Gasteiger charge is -2.23. The minimum absolute atomic E-state index is 0.264. The topological polar surface area (TPSA) is 83.6 Å². The van der Waals surface area contributed by atoms with Crippen LogP contribution in [0, 0.1) is 5.92 Å². The molecule has 76 valence electrons. The summed E-state index contributed by atoms with van der Waals surface area (Å²) in [5.74, 6) is -1.27. The number of aliphatic hydroxyl groups excluding tert-OH is 1. The summed E-state index contributed by atoms with van der Waals surface area (Å²) >= 11 is 0. The Labute approximate surface area is 77.7 Å². The van der Waals surface area contributed by atoms with E-state index in [0.29, 0.717) is 6.42 Å². The van der Waals surface area contributed by atoms with E-state index in [1.807, 2.05) is 0 Å². The van der Waals surface area contributed by atoms with Gasteiger partial charge in [0.25, 0.3) is 0 Å². The third kappa shape index (κ3) is 2.67. The van der Waals surface area contributed by atoms with Crippen molar-refractivity contribution in [2.75, 3.05) is 0 Å². The predicted octanol–water partition coefficient (Wildman–Crippen LogP) is 0.339. The molecule has 2 unspecified atom stereocenters. The van der Waals surface area contributed by atoms with Gasteiger partial charge in [0.05, 0.1) is 6.10 Å². The zero-order valence-electron chi connectivity index (χ0n) is 7.65. The number of hydrogen-bond acceptors (Lipinski definition) is 3. The molecule has 0 aliphatic heterocycles. The molecule has 3 atom stereocenters. The standard InChI is InChI=1S/C9H17NO3/c10-8(9(12)13)6-4-2-1-3-5-7(6)11/h6-8,11H,1-5,10H2,(H,12,13)/t6?,7?,8-/m0/s1. The summed E-state index contributed by atoms with van der Waals surface area (Å²) in [6, 6.07) is -0.909. The maximum atomic E-state index is 10.6. The molecule has 4 nitrogen and oxygen atoms in total.